The second kappa shape index (κ2) is 15.2. The van der Waals surface area contributed by atoms with Crippen molar-refractivity contribution in [2.24, 2.45) is 0 Å². The average molecular weight is 866 g/mol. The maximum atomic E-state index is 5.38. The molecule has 68 heavy (non-hydrogen) atoms. The second-order valence-electron chi connectivity index (χ2n) is 17.7. The van der Waals surface area contributed by atoms with Gasteiger partial charge in [-0.05, 0) is 110 Å². The van der Waals surface area contributed by atoms with E-state index in [0.717, 1.165) is 66.4 Å². The molecule has 316 valence electrons. The van der Waals surface area contributed by atoms with Crippen LogP contribution in [0.3, 0.4) is 0 Å². The van der Waals surface area contributed by atoms with Crippen molar-refractivity contribution in [3.63, 3.8) is 0 Å². The standard InChI is InChI=1S/C63H39N5/c1-3-16-40(17-4-1)42-24-15-25-48(32-42)62-64-61(41-18-5-2-6-19-41)65-63(66-62)55-35-44-21-8-10-23-46(44)38-60(55)68-57-29-14-12-27-52(57)54-36-49-33-50(31-30-47(49)39-59(54)68)67-56-28-13-11-26-51(56)53-34-43-20-7-9-22-45(43)37-58(53)67/h1-39H. The average Bonchev–Trinajstić information content (AvgIpc) is 3.90. The number of hydrogen-bond acceptors (Lipinski definition) is 3. The fraction of sp³-hybridized carbons (Fsp3) is 0. The van der Waals surface area contributed by atoms with Crippen LogP contribution in [-0.2, 0) is 0 Å². The molecule has 14 rings (SSSR count). The van der Waals surface area contributed by atoms with Crippen LogP contribution in [-0.4, -0.2) is 24.1 Å². The first-order valence-electron chi connectivity index (χ1n) is 23.1. The quantitative estimate of drug-likeness (QED) is 0.167. The molecule has 0 aliphatic heterocycles. The van der Waals surface area contributed by atoms with Gasteiger partial charge in [0.05, 0.1) is 27.8 Å². The minimum atomic E-state index is 0.607. The van der Waals surface area contributed by atoms with E-state index in [-0.39, 0.29) is 0 Å². The van der Waals surface area contributed by atoms with E-state index in [2.05, 4.69) is 221 Å². The first-order valence-corrected chi connectivity index (χ1v) is 23.1. The lowest BCUT2D eigenvalue weighted by atomic mass is 10.0. The molecule has 0 unspecified atom stereocenters. The Morgan fingerprint density at radius 3 is 1.44 bits per heavy atom. The van der Waals surface area contributed by atoms with Crippen molar-refractivity contribution in [2.75, 3.05) is 0 Å². The van der Waals surface area contributed by atoms with Crippen LogP contribution in [0.2, 0.25) is 0 Å². The topological polar surface area (TPSA) is 48.5 Å². The van der Waals surface area contributed by atoms with Gasteiger partial charge in [-0.25, -0.2) is 15.0 Å². The summed E-state index contributed by atoms with van der Waals surface area (Å²) in [4.78, 5) is 15.9. The van der Waals surface area contributed by atoms with Crippen molar-refractivity contribution in [3.8, 4) is 56.7 Å². The SMILES string of the molecule is c1ccc(-c2cccc(-c3nc(-c4ccccc4)nc(-c4cc5ccccc5cc4-n4c5ccccc5c5cc6cc(-n7c8ccccc8c8cc9ccccc9cc87)ccc6cc54)n3)c2)cc1. The van der Waals surface area contributed by atoms with Crippen LogP contribution in [0.5, 0.6) is 0 Å². The molecule has 0 radical (unpaired) electrons. The van der Waals surface area contributed by atoms with Gasteiger partial charge in [0.15, 0.2) is 17.5 Å². The molecule has 11 aromatic carbocycles. The van der Waals surface area contributed by atoms with Gasteiger partial charge in [-0.15, -0.1) is 0 Å². The van der Waals surface area contributed by atoms with Crippen LogP contribution in [0.1, 0.15) is 0 Å². The Kier molecular flexibility index (Phi) is 8.52. The van der Waals surface area contributed by atoms with Gasteiger partial charge in [0.25, 0.3) is 0 Å². The molecular formula is C63H39N5. The molecule has 3 aromatic heterocycles. The van der Waals surface area contributed by atoms with Crippen LogP contribution >= 0.6 is 0 Å². The number of fused-ring (bicyclic) bond motifs is 9. The van der Waals surface area contributed by atoms with Gasteiger partial charge in [-0.2, -0.15) is 0 Å². The van der Waals surface area contributed by atoms with Gasteiger partial charge in [-0.1, -0.05) is 170 Å². The monoisotopic (exact) mass is 865 g/mol. The summed E-state index contributed by atoms with van der Waals surface area (Å²) >= 11 is 0. The van der Waals surface area contributed by atoms with Gasteiger partial charge in [0, 0.05) is 43.9 Å². The van der Waals surface area contributed by atoms with E-state index in [4.69, 9.17) is 15.0 Å². The minimum absolute atomic E-state index is 0.607. The number of benzene rings is 11. The van der Waals surface area contributed by atoms with Crippen molar-refractivity contribution < 1.29 is 0 Å². The third kappa shape index (κ3) is 6.14. The van der Waals surface area contributed by atoms with Crippen LogP contribution < -0.4 is 0 Å². The number of aromatic nitrogens is 5. The van der Waals surface area contributed by atoms with Crippen molar-refractivity contribution in [2.45, 2.75) is 0 Å². The molecule has 3 heterocycles. The lowest BCUT2D eigenvalue weighted by molar-refractivity contribution is 1.07. The van der Waals surface area contributed by atoms with Gasteiger partial charge in [-0.3, -0.25) is 0 Å². The molecule has 0 aliphatic carbocycles. The van der Waals surface area contributed by atoms with E-state index in [1.165, 1.54) is 48.7 Å². The summed E-state index contributed by atoms with van der Waals surface area (Å²) < 4.78 is 4.84. The number of nitrogens with zero attached hydrogens (tertiary/aromatic N) is 5. The molecule has 0 bridgehead atoms. The van der Waals surface area contributed by atoms with Crippen molar-refractivity contribution in [3.05, 3.63) is 237 Å². The summed E-state index contributed by atoms with van der Waals surface area (Å²) in [6, 6.07) is 84.8. The van der Waals surface area contributed by atoms with Gasteiger partial charge >= 0.3 is 0 Å². The number of para-hydroxylation sites is 2. The second-order valence-corrected chi connectivity index (χ2v) is 17.7. The van der Waals surface area contributed by atoms with E-state index in [1.54, 1.807) is 0 Å². The highest BCUT2D eigenvalue weighted by atomic mass is 15.1. The van der Waals surface area contributed by atoms with E-state index in [9.17, 15) is 0 Å². The Hall–Kier alpha value is -9.19. The van der Waals surface area contributed by atoms with Gasteiger partial charge in [0.2, 0.25) is 0 Å². The first-order chi connectivity index (χ1) is 33.7. The molecule has 14 aromatic rings. The Balaban J connectivity index is 0.997. The molecule has 0 saturated carbocycles. The van der Waals surface area contributed by atoms with E-state index >= 15 is 0 Å². The summed E-state index contributed by atoms with van der Waals surface area (Å²) in [6.07, 6.45) is 0. The first kappa shape index (κ1) is 38.1. The molecule has 0 saturated heterocycles. The summed E-state index contributed by atoms with van der Waals surface area (Å²) in [7, 11) is 0. The Bertz CT molecular complexity index is 4320. The molecule has 5 nitrogen and oxygen atoms in total. The van der Waals surface area contributed by atoms with Crippen LogP contribution in [0, 0.1) is 0 Å². The molecule has 0 atom stereocenters. The summed E-state index contributed by atoms with van der Waals surface area (Å²) in [5.41, 5.74) is 11.8. The fourth-order valence-corrected chi connectivity index (χ4v) is 10.4. The minimum Gasteiger partial charge on any atom is -0.309 e. The smallest absolute Gasteiger partial charge is 0.166 e. The van der Waals surface area contributed by atoms with E-state index < -0.39 is 0 Å². The lowest BCUT2D eigenvalue weighted by Gasteiger charge is -2.16. The molecule has 0 aliphatic rings. The highest BCUT2D eigenvalue weighted by molar-refractivity contribution is 6.16. The molecule has 0 spiro atoms. The number of rotatable bonds is 6. The molecule has 0 N–H and O–H groups in total. The normalized spacial score (nSPS) is 11.8. The van der Waals surface area contributed by atoms with E-state index in [1.807, 2.05) is 24.3 Å². The van der Waals surface area contributed by atoms with E-state index in [0.29, 0.717) is 17.5 Å². The molecule has 5 heteroatoms. The zero-order valence-electron chi connectivity index (χ0n) is 36.8. The Morgan fingerprint density at radius 1 is 0.250 bits per heavy atom. The maximum absolute atomic E-state index is 5.38. The van der Waals surface area contributed by atoms with Crippen LogP contribution in [0.25, 0.3) is 133 Å². The maximum Gasteiger partial charge on any atom is 0.166 e. The largest absolute Gasteiger partial charge is 0.309 e. The molecule has 0 amide bonds. The zero-order valence-corrected chi connectivity index (χ0v) is 36.8. The van der Waals surface area contributed by atoms with Gasteiger partial charge in [0.1, 0.15) is 0 Å². The summed E-state index contributed by atoms with van der Waals surface area (Å²) in [5, 5.41) is 11.9. The molecule has 0 fully saturated rings. The lowest BCUT2D eigenvalue weighted by Crippen LogP contribution is -2.04. The summed E-state index contributed by atoms with van der Waals surface area (Å²) in [5.74, 6) is 1.84. The van der Waals surface area contributed by atoms with Crippen molar-refractivity contribution in [1.29, 1.82) is 0 Å². The van der Waals surface area contributed by atoms with Crippen LogP contribution in [0.15, 0.2) is 237 Å². The Morgan fingerprint density at radius 2 is 0.735 bits per heavy atom. The predicted octanol–water partition coefficient (Wildman–Crippen LogP) is 16.2. The fourth-order valence-electron chi connectivity index (χ4n) is 10.4. The predicted molar refractivity (Wildman–Crippen MR) is 283 cm³/mol. The highest BCUT2D eigenvalue weighted by Crippen LogP contribution is 2.41. The third-order valence-electron chi connectivity index (χ3n) is 13.7. The highest BCUT2D eigenvalue weighted by Gasteiger charge is 2.22. The number of hydrogen-bond donors (Lipinski definition) is 0. The van der Waals surface area contributed by atoms with Crippen molar-refractivity contribution >= 4 is 75.9 Å². The zero-order chi connectivity index (χ0) is 44.7. The summed E-state index contributed by atoms with van der Waals surface area (Å²) in [6.45, 7) is 0. The van der Waals surface area contributed by atoms with Crippen molar-refractivity contribution in [1.82, 2.24) is 24.1 Å². The third-order valence-corrected chi connectivity index (χ3v) is 13.7. The molecular weight excluding hydrogens is 827 g/mol. The van der Waals surface area contributed by atoms with Gasteiger partial charge < -0.3 is 9.13 Å². The Labute approximate surface area is 391 Å². The van der Waals surface area contributed by atoms with Crippen LogP contribution in [0.4, 0.5) is 0 Å².